The van der Waals surface area contributed by atoms with E-state index in [1.54, 1.807) is 36.4 Å². The fourth-order valence-electron chi connectivity index (χ4n) is 2.64. The molecule has 0 aliphatic heterocycles. The molecule has 0 bridgehead atoms. The van der Waals surface area contributed by atoms with Gasteiger partial charge in [-0.2, -0.15) is 0 Å². The minimum Gasteiger partial charge on any atom is -0.492 e. The minimum atomic E-state index is -0.343. The lowest BCUT2D eigenvalue weighted by Gasteiger charge is -2.13. The second-order valence-electron chi connectivity index (χ2n) is 6.45. The standard InChI is InChI=1S/C22H26Cl2N2O5/c1-3-29-19-9-7-15(12-20(19)30-4-2)13-22(28)26-25-21(27)6-5-11-31-18-10-8-16(23)14-17(18)24/h7-10,12,14H,3-6,11,13H2,1-2H3,(H,25,27)(H,26,28). The van der Waals surface area contributed by atoms with Gasteiger partial charge in [-0.05, 0) is 56.2 Å². The molecule has 0 heterocycles. The molecule has 0 aromatic heterocycles. The molecule has 0 spiro atoms. The number of hydrazine groups is 1. The van der Waals surface area contributed by atoms with Gasteiger partial charge in [0.2, 0.25) is 11.8 Å². The molecule has 2 amide bonds. The Bertz CT molecular complexity index is 892. The molecular formula is C22H26Cl2N2O5. The lowest BCUT2D eigenvalue weighted by Crippen LogP contribution is -2.42. The third-order valence-corrected chi connectivity index (χ3v) is 4.54. The first-order valence-electron chi connectivity index (χ1n) is 9.97. The number of carbonyl (C=O) groups is 2. The van der Waals surface area contributed by atoms with Crippen molar-refractivity contribution in [2.24, 2.45) is 0 Å². The predicted octanol–water partition coefficient (Wildman–Crippen LogP) is 4.34. The lowest BCUT2D eigenvalue weighted by molar-refractivity contribution is -0.128. The Kier molecular flexibility index (Phi) is 10.3. The van der Waals surface area contributed by atoms with Crippen molar-refractivity contribution in [2.75, 3.05) is 19.8 Å². The monoisotopic (exact) mass is 468 g/mol. The highest BCUT2D eigenvalue weighted by atomic mass is 35.5. The lowest BCUT2D eigenvalue weighted by atomic mass is 10.1. The summed E-state index contributed by atoms with van der Waals surface area (Å²) >= 11 is 11.9. The van der Waals surface area contributed by atoms with Gasteiger partial charge < -0.3 is 14.2 Å². The van der Waals surface area contributed by atoms with Crippen molar-refractivity contribution in [1.29, 1.82) is 0 Å². The molecule has 2 rings (SSSR count). The van der Waals surface area contributed by atoms with E-state index in [9.17, 15) is 9.59 Å². The summed E-state index contributed by atoms with van der Waals surface area (Å²) in [5, 5.41) is 0.929. The van der Waals surface area contributed by atoms with Crippen LogP contribution in [0.4, 0.5) is 0 Å². The topological polar surface area (TPSA) is 85.9 Å². The van der Waals surface area contributed by atoms with Crippen molar-refractivity contribution in [3.05, 3.63) is 52.0 Å². The van der Waals surface area contributed by atoms with Gasteiger partial charge in [-0.1, -0.05) is 29.3 Å². The Labute approximate surface area is 191 Å². The van der Waals surface area contributed by atoms with E-state index in [-0.39, 0.29) is 24.7 Å². The molecule has 168 valence electrons. The number of benzene rings is 2. The molecule has 0 aliphatic carbocycles. The third kappa shape index (κ3) is 8.55. The summed E-state index contributed by atoms with van der Waals surface area (Å²) < 4.78 is 16.6. The first-order valence-corrected chi connectivity index (χ1v) is 10.7. The summed E-state index contributed by atoms with van der Waals surface area (Å²) in [6.07, 6.45) is 0.727. The van der Waals surface area contributed by atoms with E-state index in [1.165, 1.54) is 0 Å². The molecule has 0 saturated heterocycles. The number of hydrogen-bond acceptors (Lipinski definition) is 5. The van der Waals surface area contributed by atoms with Crippen LogP contribution in [0.3, 0.4) is 0 Å². The summed E-state index contributed by atoms with van der Waals surface area (Å²) in [7, 11) is 0. The predicted molar refractivity (Wildman–Crippen MR) is 120 cm³/mol. The highest BCUT2D eigenvalue weighted by Crippen LogP contribution is 2.29. The third-order valence-electron chi connectivity index (χ3n) is 4.01. The highest BCUT2D eigenvalue weighted by Gasteiger charge is 2.10. The Morgan fingerprint density at radius 2 is 1.52 bits per heavy atom. The Hall–Kier alpha value is -2.64. The van der Waals surface area contributed by atoms with E-state index in [0.717, 1.165) is 5.56 Å². The Morgan fingerprint density at radius 3 is 2.23 bits per heavy atom. The zero-order valence-corrected chi connectivity index (χ0v) is 19.0. The van der Waals surface area contributed by atoms with Crippen LogP contribution in [0.25, 0.3) is 0 Å². The van der Waals surface area contributed by atoms with Crippen molar-refractivity contribution in [3.8, 4) is 17.2 Å². The molecule has 0 fully saturated rings. The fraction of sp³-hybridized carbons (Fsp3) is 0.364. The van der Waals surface area contributed by atoms with Crippen LogP contribution in [0.15, 0.2) is 36.4 Å². The summed E-state index contributed by atoms with van der Waals surface area (Å²) in [6.45, 7) is 5.07. The molecular weight excluding hydrogens is 443 g/mol. The van der Waals surface area contributed by atoms with Crippen LogP contribution in [-0.4, -0.2) is 31.6 Å². The fourth-order valence-corrected chi connectivity index (χ4v) is 3.11. The van der Waals surface area contributed by atoms with Crippen molar-refractivity contribution in [3.63, 3.8) is 0 Å². The van der Waals surface area contributed by atoms with Crippen LogP contribution >= 0.6 is 23.2 Å². The van der Waals surface area contributed by atoms with Crippen molar-refractivity contribution in [1.82, 2.24) is 10.9 Å². The summed E-state index contributed by atoms with van der Waals surface area (Å²) in [4.78, 5) is 24.0. The van der Waals surface area contributed by atoms with Crippen LogP contribution in [0, 0.1) is 0 Å². The molecule has 31 heavy (non-hydrogen) atoms. The number of ether oxygens (including phenoxy) is 3. The molecule has 2 aromatic rings. The van der Waals surface area contributed by atoms with E-state index < -0.39 is 0 Å². The molecule has 0 radical (unpaired) electrons. The van der Waals surface area contributed by atoms with E-state index >= 15 is 0 Å². The molecule has 0 aliphatic rings. The summed E-state index contributed by atoms with van der Waals surface area (Å²) in [5.41, 5.74) is 5.55. The number of halogens is 2. The van der Waals surface area contributed by atoms with Gasteiger partial charge in [0.15, 0.2) is 11.5 Å². The zero-order valence-electron chi connectivity index (χ0n) is 17.5. The van der Waals surface area contributed by atoms with Gasteiger partial charge in [-0.15, -0.1) is 0 Å². The molecule has 0 saturated carbocycles. The van der Waals surface area contributed by atoms with Crippen molar-refractivity contribution >= 4 is 35.0 Å². The Balaban J connectivity index is 1.71. The van der Waals surface area contributed by atoms with E-state index in [1.807, 2.05) is 13.8 Å². The first-order chi connectivity index (χ1) is 14.9. The maximum Gasteiger partial charge on any atom is 0.242 e. The molecule has 2 N–H and O–H groups in total. The van der Waals surface area contributed by atoms with Crippen LogP contribution in [0.1, 0.15) is 32.3 Å². The first kappa shape index (κ1) is 24.6. The van der Waals surface area contributed by atoms with E-state index in [2.05, 4.69) is 10.9 Å². The maximum absolute atomic E-state index is 12.1. The normalized spacial score (nSPS) is 10.3. The number of rotatable bonds is 11. The van der Waals surface area contributed by atoms with E-state index in [0.29, 0.717) is 53.5 Å². The highest BCUT2D eigenvalue weighted by molar-refractivity contribution is 6.35. The molecule has 9 heteroatoms. The number of nitrogens with one attached hydrogen (secondary N) is 2. The molecule has 2 aromatic carbocycles. The van der Waals surface area contributed by atoms with E-state index in [4.69, 9.17) is 37.4 Å². The summed E-state index contributed by atoms with van der Waals surface area (Å²) in [5.74, 6) is 1.05. The number of carbonyl (C=O) groups excluding carboxylic acids is 2. The average Bonchev–Trinajstić information content (AvgIpc) is 2.73. The van der Waals surface area contributed by atoms with Gasteiger partial charge in [0.25, 0.3) is 0 Å². The quantitative estimate of drug-likeness (QED) is 0.378. The van der Waals surface area contributed by atoms with Crippen molar-refractivity contribution in [2.45, 2.75) is 33.1 Å². The van der Waals surface area contributed by atoms with Gasteiger partial charge >= 0.3 is 0 Å². The second kappa shape index (κ2) is 12.9. The van der Waals surface area contributed by atoms with Gasteiger partial charge in [-0.3, -0.25) is 20.4 Å². The van der Waals surface area contributed by atoms with Crippen molar-refractivity contribution < 1.29 is 23.8 Å². The summed E-state index contributed by atoms with van der Waals surface area (Å²) in [6, 6.07) is 10.2. The minimum absolute atomic E-state index is 0.0882. The second-order valence-corrected chi connectivity index (χ2v) is 7.29. The van der Waals surface area contributed by atoms with Crippen LogP contribution in [0.2, 0.25) is 10.0 Å². The largest absolute Gasteiger partial charge is 0.492 e. The van der Waals surface area contributed by atoms with Crippen LogP contribution < -0.4 is 25.1 Å². The van der Waals surface area contributed by atoms with Gasteiger partial charge in [0.1, 0.15) is 5.75 Å². The smallest absolute Gasteiger partial charge is 0.242 e. The van der Waals surface area contributed by atoms with Crippen LogP contribution in [0.5, 0.6) is 17.2 Å². The number of amides is 2. The maximum atomic E-state index is 12.1. The average molecular weight is 469 g/mol. The molecule has 0 unspecified atom stereocenters. The zero-order chi connectivity index (χ0) is 22.6. The van der Waals surface area contributed by atoms with Gasteiger partial charge in [-0.25, -0.2) is 0 Å². The Morgan fingerprint density at radius 1 is 0.839 bits per heavy atom. The molecule has 7 nitrogen and oxygen atoms in total. The van der Waals surface area contributed by atoms with Gasteiger partial charge in [0.05, 0.1) is 31.3 Å². The van der Waals surface area contributed by atoms with Gasteiger partial charge in [0, 0.05) is 11.4 Å². The van der Waals surface area contributed by atoms with Crippen LogP contribution in [-0.2, 0) is 16.0 Å². The number of hydrogen-bond donors (Lipinski definition) is 2. The molecule has 0 atom stereocenters. The SMILES string of the molecule is CCOc1ccc(CC(=O)NNC(=O)CCCOc2ccc(Cl)cc2Cl)cc1OCC.